The summed E-state index contributed by atoms with van der Waals surface area (Å²) in [5.41, 5.74) is 9.90. The molecule has 0 spiro atoms. The molecule has 4 nitrogen and oxygen atoms in total. The van der Waals surface area contributed by atoms with Crippen LogP contribution in [0.2, 0.25) is 0 Å². The number of hydrogen-bond donors (Lipinski definition) is 0. The molecule has 0 radical (unpaired) electrons. The smallest absolute Gasteiger partial charge is 0.104 e. The fraction of sp³-hybridized carbons (Fsp3) is 0.357. The summed E-state index contributed by atoms with van der Waals surface area (Å²) in [6.45, 7) is 8.65. The van der Waals surface area contributed by atoms with Crippen molar-refractivity contribution in [1.29, 1.82) is 0 Å². The summed E-state index contributed by atoms with van der Waals surface area (Å²) in [5.74, 6) is 0. The molecule has 2 heterocycles. The molecule has 0 amide bonds. The van der Waals surface area contributed by atoms with Gasteiger partial charge in [0.05, 0.1) is 39.6 Å². The van der Waals surface area contributed by atoms with Gasteiger partial charge in [0.25, 0.3) is 0 Å². The van der Waals surface area contributed by atoms with Crippen molar-refractivity contribution in [3.05, 3.63) is 82.9 Å². The molecule has 0 aromatic heterocycles. The predicted octanol–water partition coefficient (Wildman–Crippen LogP) is 5.47. The van der Waals surface area contributed by atoms with Gasteiger partial charge in [0.2, 0.25) is 0 Å². The van der Waals surface area contributed by atoms with Crippen molar-refractivity contribution in [2.45, 2.75) is 39.3 Å². The number of epoxide rings is 2. The first-order valence-corrected chi connectivity index (χ1v) is 11.3. The Kier molecular flexibility index (Phi) is 6.37. The van der Waals surface area contributed by atoms with Gasteiger partial charge in [0.15, 0.2) is 0 Å². The fourth-order valence-corrected chi connectivity index (χ4v) is 3.97. The largest absolute Gasteiger partial charge is 0.374 e. The molecule has 2 unspecified atom stereocenters. The minimum atomic E-state index is 0.306. The lowest BCUT2D eigenvalue weighted by Crippen LogP contribution is -2.04. The van der Waals surface area contributed by atoms with Gasteiger partial charge in [-0.25, -0.2) is 0 Å². The van der Waals surface area contributed by atoms with Crippen LogP contribution >= 0.6 is 0 Å². The molecule has 0 saturated carbocycles. The SMILES string of the molecule is Cc1cc(-c2ccc(-c3ccc(COCC4CO4)cc3)cc2)cc(C)c1COCC1CO1. The molecule has 3 aromatic rings. The van der Waals surface area contributed by atoms with Crippen LogP contribution in [0, 0.1) is 13.8 Å². The second kappa shape index (κ2) is 9.55. The summed E-state index contributed by atoms with van der Waals surface area (Å²) in [6.07, 6.45) is 0.618. The quantitative estimate of drug-likeness (QED) is 0.400. The Hall–Kier alpha value is -2.50. The topological polar surface area (TPSA) is 43.5 Å². The lowest BCUT2D eigenvalue weighted by atomic mass is 9.94. The molecule has 0 aliphatic carbocycles. The van der Waals surface area contributed by atoms with E-state index in [1.165, 1.54) is 44.5 Å². The van der Waals surface area contributed by atoms with E-state index < -0.39 is 0 Å². The van der Waals surface area contributed by atoms with Crippen LogP contribution in [0.25, 0.3) is 22.3 Å². The third-order valence-corrected chi connectivity index (χ3v) is 6.13. The van der Waals surface area contributed by atoms with Crippen LogP contribution in [0.15, 0.2) is 60.7 Å². The average molecular weight is 431 g/mol. The Morgan fingerprint density at radius 1 is 0.656 bits per heavy atom. The number of aryl methyl sites for hydroxylation is 2. The van der Waals surface area contributed by atoms with Crippen molar-refractivity contribution in [2.24, 2.45) is 0 Å². The van der Waals surface area contributed by atoms with Crippen molar-refractivity contribution < 1.29 is 18.9 Å². The lowest BCUT2D eigenvalue weighted by molar-refractivity contribution is 0.103. The molecule has 2 aliphatic heterocycles. The zero-order valence-corrected chi connectivity index (χ0v) is 18.8. The van der Waals surface area contributed by atoms with Crippen LogP contribution in [0.5, 0.6) is 0 Å². The van der Waals surface area contributed by atoms with E-state index in [1.54, 1.807) is 0 Å². The summed E-state index contributed by atoms with van der Waals surface area (Å²) in [5, 5.41) is 0. The van der Waals surface area contributed by atoms with Crippen molar-refractivity contribution in [1.82, 2.24) is 0 Å². The van der Waals surface area contributed by atoms with Crippen LogP contribution in [-0.4, -0.2) is 38.6 Å². The van der Waals surface area contributed by atoms with Gasteiger partial charge >= 0.3 is 0 Å². The molecule has 3 aromatic carbocycles. The van der Waals surface area contributed by atoms with E-state index in [2.05, 4.69) is 74.5 Å². The zero-order chi connectivity index (χ0) is 21.9. The highest BCUT2D eigenvalue weighted by atomic mass is 16.6. The summed E-state index contributed by atoms with van der Waals surface area (Å²) >= 11 is 0. The van der Waals surface area contributed by atoms with Gasteiger partial charge in [0.1, 0.15) is 12.2 Å². The summed E-state index contributed by atoms with van der Waals surface area (Å²) in [4.78, 5) is 0. The molecule has 166 valence electrons. The number of hydrogen-bond acceptors (Lipinski definition) is 4. The first-order valence-electron chi connectivity index (χ1n) is 11.3. The zero-order valence-electron chi connectivity index (χ0n) is 18.8. The van der Waals surface area contributed by atoms with E-state index in [0.717, 1.165) is 13.2 Å². The molecular weight excluding hydrogens is 400 g/mol. The van der Waals surface area contributed by atoms with Gasteiger partial charge in [-0.2, -0.15) is 0 Å². The molecule has 2 aliphatic rings. The summed E-state index contributed by atoms with van der Waals surface area (Å²) < 4.78 is 21.9. The average Bonchev–Trinajstić information content (AvgIpc) is 3.72. The normalized spacial score (nSPS) is 19.2. The third kappa shape index (κ3) is 5.45. The lowest BCUT2D eigenvalue weighted by Gasteiger charge is -2.14. The van der Waals surface area contributed by atoms with E-state index in [0.29, 0.717) is 38.6 Å². The van der Waals surface area contributed by atoms with Crippen LogP contribution < -0.4 is 0 Å². The van der Waals surface area contributed by atoms with Crippen molar-refractivity contribution >= 4 is 0 Å². The summed E-state index contributed by atoms with van der Waals surface area (Å²) in [7, 11) is 0. The highest BCUT2D eigenvalue weighted by molar-refractivity contribution is 5.71. The molecule has 2 fully saturated rings. The molecule has 0 bridgehead atoms. The molecular formula is C28H30O4. The fourth-order valence-electron chi connectivity index (χ4n) is 3.97. The molecule has 2 saturated heterocycles. The molecule has 4 heteroatoms. The van der Waals surface area contributed by atoms with Gasteiger partial charge in [-0.15, -0.1) is 0 Å². The third-order valence-electron chi connectivity index (χ3n) is 6.13. The Labute approximate surface area is 190 Å². The van der Waals surface area contributed by atoms with Crippen LogP contribution in [-0.2, 0) is 32.2 Å². The predicted molar refractivity (Wildman–Crippen MR) is 126 cm³/mol. The van der Waals surface area contributed by atoms with E-state index >= 15 is 0 Å². The van der Waals surface area contributed by atoms with Crippen molar-refractivity contribution in [3.63, 3.8) is 0 Å². The van der Waals surface area contributed by atoms with Gasteiger partial charge in [0, 0.05) is 0 Å². The second-order valence-electron chi connectivity index (χ2n) is 8.80. The highest BCUT2D eigenvalue weighted by Crippen LogP contribution is 2.29. The van der Waals surface area contributed by atoms with Crippen molar-refractivity contribution in [2.75, 3.05) is 26.4 Å². The molecule has 0 N–H and O–H groups in total. The minimum absolute atomic E-state index is 0.306. The Balaban J connectivity index is 1.23. The Morgan fingerprint density at radius 2 is 1.09 bits per heavy atom. The van der Waals surface area contributed by atoms with Gasteiger partial charge in [-0.3, -0.25) is 0 Å². The van der Waals surface area contributed by atoms with Crippen molar-refractivity contribution in [3.8, 4) is 22.3 Å². The second-order valence-corrected chi connectivity index (χ2v) is 8.80. The van der Waals surface area contributed by atoms with E-state index in [1.807, 2.05) is 0 Å². The maximum atomic E-state index is 5.82. The number of rotatable bonds is 10. The van der Waals surface area contributed by atoms with Crippen LogP contribution in [0.3, 0.4) is 0 Å². The maximum Gasteiger partial charge on any atom is 0.104 e. The molecule has 2 atom stereocenters. The molecule has 5 rings (SSSR count). The van der Waals surface area contributed by atoms with Gasteiger partial charge in [-0.1, -0.05) is 60.7 Å². The standard InChI is InChI=1S/C28H30O4/c1-19-11-25(12-20(2)28(19)18-30-15-27-17-32-27)24-9-7-23(8-10-24)22-5-3-21(4-6-22)13-29-14-26-16-31-26/h3-12,26-27H,13-18H2,1-2H3. The first kappa shape index (κ1) is 21.4. The molecule has 32 heavy (non-hydrogen) atoms. The number of benzene rings is 3. The number of ether oxygens (including phenoxy) is 4. The monoisotopic (exact) mass is 430 g/mol. The van der Waals surface area contributed by atoms with Gasteiger partial charge in [-0.05, 0) is 58.4 Å². The van der Waals surface area contributed by atoms with Crippen LogP contribution in [0.4, 0.5) is 0 Å². The van der Waals surface area contributed by atoms with E-state index in [4.69, 9.17) is 18.9 Å². The Bertz CT molecular complexity index is 1020. The highest BCUT2D eigenvalue weighted by Gasteiger charge is 2.23. The van der Waals surface area contributed by atoms with Crippen LogP contribution in [0.1, 0.15) is 22.3 Å². The maximum absolute atomic E-state index is 5.82. The minimum Gasteiger partial charge on any atom is -0.374 e. The first-order chi connectivity index (χ1) is 15.7. The van der Waals surface area contributed by atoms with E-state index in [-0.39, 0.29) is 0 Å². The Morgan fingerprint density at radius 3 is 1.59 bits per heavy atom. The van der Waals surface area contributed by atoms with E-state index in [9.17, 15) is 0 Å². The van der Waals surface area contributed by atoms with Gasteiger partial charge < -0.3 is 18.9 Å². The summed E-state index contributed by atoms with van der Waals surface area (Å²) in [6, 6.07) is 21.9.